The van der Waals surface area contributed by atoms with Gasteiger partial charge in [0.1, 0.15) is 6.10 Å². The molecule has 0 spiro atoms. The van der Waals surface area contributed by atoms with Gasteiger partial charge < -0.3 is 20.3 Å². The molecule has 3 atom stereocenters. The molecular formula is C7H15NO3. The van der Waals surface area contributed by atoms with Gasteiger partial charge in [-0.15, -0.1) is 0 Å². The third kappa shape index (κ3) is 2.41. The number of nitrogens with two attached hydrogens (primary N) is 1. The van der Waals surface area contributed by atoms with Crippen LogP contribution >= 0.6 is 0 Å². The van der Waals surface area contributed by atoms with Gasteiger partial charge in [0.2, 0.25) is 0 Å². The van der Waals surface area contributed by atoms with E-state index in [1.807, 2.05) is 0 Å². The fraction of sp³-hybridized carbons (Fsp3) is 1.00. The van der Waals surface area contributed by atoms with E-state index in [2.05, 4.69) is 0 Å². The molecule has 3 N–H and O–H groups in total. The van der Waals surface area contributed by atoms with Gasteiger partial charge in [-0.1, -0.05) is 0 Å². The van der Waals surface area contributed by atoms with Gasteiger partial charge in [0.25, 0.3) is 0 Å². The maximum absolute atomic E-state index is 9.39. The molecule has 1 aliphatic heterocycles. The van der Waals surface area contributed by atoms with E-state index in [9.17, 15) is 5.11 Å². The minimum absolute atomic E-state index is 0.0295. The topological polar surface area (TPSA) is 64.7 Å². The third-order valence-corrected chi connectivity index (χ3v) is 1.83. The normalized spacial score (nSPS) is 39.0. The Kier molecular flexibility index (Phi) is 3.26. The second-order valence-electron chi connectivity index (χ2n) is 2.89. The minimum Gasteiger partial charge on any atom is -0.390 e. The van der Waals surface area contributed by atoms with E-state index in [0.717, 1.165) is 0 Å². The van der Waals surface area contributed by atoms with Crippen molar-refractivity contribution in [3.05, 3.63) is 0 Å². The predicted molar refractivity (Wildman–Crippen MR) is 40.2 cm³/mol. The van der Waals surface area contributed by atoms with Gasteiger partial charge in [-0.3, -0.25) is 0 Å². The van der Waals surface area contributed by atoms with Crippen LogP contribution in [0.5, 0.6) is 0 Å². The van der Waals surface area contributed by atoms with Crippen LogP contribution in [-0.4, -0.2) is 43.7 Å². The Morgan fingerprint density at radius 1 is 1.73 bits per heavy atom. The van der Waals surface area contributed by atoms with Gasteiger partial charge in [0.15, 0.2) is 0 Å². The predicted octanol–water partition coefficient (Wildman–Crippen LogP) is -0.890. The van der Waals surface area contributed by atoms with Gasteiger partial charge in [-0.05, 0) is 6.42 Å². The zero-order chi connectivity index (χ0) is 8.27. The average molecular weight is 161 g/mol. The second-order valence-corrected chi connectivity index (χ2v) is 2.89. The van der Waals surface area contributed by atoms with Gasteiger partial charge in [-0.25, -0.2) is 0 Å². The van der Waals surface area contributed by atoms with Crippen LogP contribution in [0.1, 0.15) is 6.42 Å². The van der Waals surface area contributed by atoms with Crippen molar-refractivity contribution in [2.24, 2.45) is 5.73 Å². The number of aliphatic hydroxyl groups is 1. The smallest absolute Gasteiger partial charge is 0.107 e. The fourth-order valence-corrected chi connectivity index (χ4v) is 1.21. The van der Waals surface area contributed by atoms with Crippen molar-refractivity contribution < 1.29 is 14.6 Å². The Hall–Kier alpha value is -0.160. The monoisotopic (exact) mass is 161 g/mol. The molecule has 0 aromatic heterocycles. The summed E-state index contributed by atoms with van der Waals surface area (Å²) in [7, 11) is 1.59. The van der Waals surface area contributed by atoms with Crippen LogP contribution in [0.4, 0.5) is 0 Å². The molecule has 11 heavy (non-hydrogen) atoms. The van der Waals surface area contributed by atoms with Gasteiger partial charge in [-0.2, -0.15) is 0 Å². The number of hydrogen-bond acceptors (Lipinski definition) is 4. The van der Waals surface area contributed by atoms with E-state index in [1.165, 1.54) is 0 Å². The summed E-state index contributed by atoms with van der Waals surface area (Å²) in [5.41, 5.74) is 5.56. The third-order valence-electron chi connectivity index (χ3n) is 1.83. The Bertz CT molecular complexity index is 120. The molecule has 0 saturated carbocycles. The molecule has 0 aromatic carbocycles. The lowest BCUT2D eigenvalue weighted by Gasteiger charge is -2.30. The number of rotatable bonds is 2. The first-order valence-corrected chi connectivity index (χ1v) is 3.78. The molecule has 1 rings (SSSR count). The summed E-state index contributed by atoms with van der Waals surface area (Å²) in [6, 6.07) is -0.0295. The molecule has 0 amide bonds. The molecule has 3 unspecified atom stereocenters. The summed E-state index contributed by atoms with van der Waals surface area (Å²) in [5, 5.41) is 9.39. The largest absolute Gasteiger partial charge is 0.390 e. The van der Waals surface area contributed by atoms with Crippen LogP contribution in [-0.2, 0) is 9.47 Å². The molecule has 0 aromatic rings. The standard InChI is InChI=1S/C7H15NO3/c1-10-4-7-6(9)2-5(8)3-11-7/h5-7,9H,2-4,8H2,1H3. The number of ether oxygens (including phenoxy) is 2. The number of methoxy groups -OCH3 is 1. The fourth-order valence-electron chi connectivity index (χ4n) is 1.21. The Morgan fingerprint density at radius 2 is 2.45 bits per heavy atom. The molecule has 4 nitrogen and oxygen atoms in total. The highest BCUT2D eigenvalue weighted by Gasteiger charge is 2.27. The van der Waals surface area contributed by atoms with Crippen LogP contribution in [0.15, 0.2) is 0 Å². The highest BCUT2D eigenvalue weighted by molar-refractivity contribution is 4.79. The Balaban J connectivity index is 2.31. The maximum Gasteiger partial charge on any atom is 0.107 e. The molecule has 1 aliphatic rings. The van der Waals surface area contributed by atoms with Crippen molar-refractivity contribution in [2.75, 3.05) is 20.3 Å². The zero-order valence-corrected chi connectivity index (χ0v) is 6.69. The van der Waals surface area contributed by atoms with E-state index in [-0.39, 0.29) is 12.1 Å². The van der Waals surface area contributed by atoms with Crippen molar-refractivity contribution in [3.63, 3.8) is 0 Å². The van der Waals surface area contributed by atoms with Crippen molar-refractivity contribution in [1.82, 2.24) is 0 Å². The molecule has 4 heteroatoms. The van der Waals surface area contributed by atoms with Crippen molar-refractivity contribution in [3.8, 4) is 0 Å². The van der Waals surface area contributed by atoms with Crippen LogP contribution in [0.2, 0.25) is 0 Å². The van der Waals surface area contributed by atoms with Crippen LogP contribution in [0, 0.1) is 0 Å². The van der Waals surface area contributed by atoms with Crippen LogP contribution < -0.4 is 5.73 Å². The lowest BCUT2D eigenvalue weighted by molar-refractivity contribution is -0.107. The quantitative estimate of drug-likeness (QED) is 0.551. The van der Waals surface area contributed by atoms with Gasteiger partial charge in [0, 0.05) is 13.2 Å². The lowest BCUT2D eigenvalue weighted by atomic mass is 10.0. The van der Waals surface area contributed by atoms with Gasteiger partial charge in [0.05, 0.1) is 19.3 Å². The molecule has 1 saturated heterocycles. The van der Waals surface area contributed by atoms with E-state index in [4.69, 9.17) is 15.2 Å². The number of hydrogen-bond donors (Lipinski definition) is 2. The lowest BCUT2D eigenvalue weighted by Crippen LogP contribution is -2.46. The first kappa shape index (κ1) is 8.93. The number of aliphatic hydroxyl groups excluding tert-OH is 1. The highest BCUT2D eigenvalue weighted by Crippen LogP contribution is 2.12. The summed E-state index contributed by atoms with van der Waals surface area (Å²) in [6.45, 7) is 0.957. The molecule has 1 heterocycles. The summed E-state index contributed by atoms with van der Waals surface area (Å²) < 4.78 is 10.1. The molecule has 0 bridgehead atoms. The summed E-state index contributed by atoms with van der Waals surface area (Å²) >= 11 is 0. The molecule has 66 valence electrons. The van der Waals surface area contributed by atoms with Gasteiger partial charge >= 0.3 is 0 Å². The highest BCUT2D eigenvalue weighted by atomic mass is 16.5. The SMILES string of the molecule is COCC1OCC(N)CC1O. The summed E-state index contributed by atoms with van der Waals surface area (Å²) in [6.07, 6.45) is -0.0629. The average Bonchev–Trinajstić information content (AvgIpc) is 1.95. The first-order chi connectivity index (χ1) is 5.24. The molecule has 0 radical (unpaired) electrons. The maximum atomic E-state index is 9.39. The van der Waals surface area contributed by atoms with Crippen molar-refractivity contribution in [1.29, 1.82) is 0 Å². The summed E-state index contributed by atoms with van der Waals surface area (Å²) in [5.74, 6) is 0. The zero-order valence-electron chi connectivity index (χ0n) is 6.69. The van der Waals surface area contributed by atoms with E-state index in [0.29, 0.717) is 19.6 Å². The first-order valence-electron chi connectivity index (χ1n) is 3.78. The van der Waals surface area contributed by atoms with E-state index in [1.54, 1.807) is 7.11 Å². The van der Waals surface area contributed by atoms with Crippen LogP contribution in [0.25, 0.3) is 0 Å². The minimum atomic E-state index is -0.473. The van der Waals surface area contributed by atoms with Crippen molar-refractivity contribution >= 4 is 0 Å². The van der Waals surface area contributed by atoms with E-state index < -0.39 is 6.10 Å². The van der Waals surface area contributed by atoms with Crippen molar-refractivity contribution in [2.45, 2.75) is 24.7 Å². The summed E-state index contributed by atoms with van der Waals surface area (Å²) in [4.78, 5) is 0. The Morgan fingerprint density at radius 3 is 3.00 bits per heavy atom. The molecule has 0 aliphatic carbocycles. The Labute approximate surface area is 66.3 Å². The second kappa shape index (κ2) is 4.01. The molecule has 1 fully saturated rings. The van der Waals surface area contributed by atoms with E-state index >= 15 is 0 Å². The van der Waals surface area contributed by atoms with Crippen LogP contribution in [0.3, 0.4) is 0 Å². The molecular weight excluding hydrogens is 146 g/mol.